The monoisotopic (exact) mass is 220 g/mol. The second-order valence-electron chi connectivity index (χ2n) is 2.87. The molecule has 8 nitrogen and oxygen atoms in total. The Morgan fingerprint density at radius 1 is 1.56 bits per heavy atom. The predicted molar refractivity (Wildman–Crippen MR) is 54.7 cm³/mol. The number of anilines is 2. The third-order valence-corrected chi connectivity index (χ3v) is 1.74. The molecule has 1 amide bonds. The smallest absolute Gasteiger partial charge is 0.294 e. The van der Waals surface area contributed by atoms with E-state index in [0.29, 0.717) is 0 Å². The summed E-state index contributed by atoms with van der Waals surface area (Å²) in [7, 11) is 0. The van der Waals surface area contributed by atoms with E-state index in [1.165, 1.54) is 18.3 Å². The van der Waals surface area contributed by atoms with Gasteiger partial charge in [-0.25, -0.2) is 4.98 Å². The summed E-state index contributed by atoms with van der Waals surface area (Å²) in [5.41, 5.74) is 5.24. The van der Waals surface area contributed by atoms with Crippen LogP contribution >= 0.6 is 0 Å². The fraction of sp³-hybridized carbons (Fsp3) is 0. The molecule has 0 radical (unpaired) electrons. The molecule has 2 heterocycles. The average molecular weight is 220 g/mol. The van der Waals surface area contributed by atoms with Gasteiger partial charge in [0.25, 0.3) is 5.91 Å². The Morgan fingerprint density at radius 2 is 2.38 bits per heavy atom. The summed E-state index contributed by atoms with van der Waals surface area (Å²) in [5, 5.41) is 17.6. The summed E-state index contributed by atoms with van der Waals surface area (Å²) < 4.78 is 0. The number of aromatic nitrogens is 4. The highest BCUT2D eigenvalue weighted by atomic mass is 16.3. The van der Waals surface area contributed by atoms with Gasteiger partial charge >= 0.3 is 0 Å². The Morgan fingerprint density at radius 3 is 3.00 bits per heavy atom. The predicted octanol–water partition coefficient (Wildman–Crippen LogP) is -0.260. The van der Waals surface area contributed by atoms with Gasteiger partial charge < -0.3 is 16.2 Å². The molecule has 0 aliphatic heterocycles. The first kappa shape index (κ1) is 9.90. The first-order chi connectivity index (χ1) is 7.66. The van der Waals surface area contributed by atoms with Crippen LogP contribution in [0.25, 0.3) is 0 Å². The summed E-state index contributed by atoms with van der Waals surface area (Å²) in [5.74, 6) is -0.762. The van der Waals surface area contributed by atoms with Crippen LogP contribution in [0.15, 0.2) is 18.3 Å². The maximum Gasteiger partial charge on any atom is 0.294 e. The zero-order valence-corrected chi connectivity index (χ0v) is 8.01. The quantitative estimate of drug-likeness (QED) is 0.551. The fourth-order valence-corrected chi connectivity index (χ4v) is 1.04. The molecule has 2 rings (SSSR count). The topological polar surface area (TPSA) is 130 Å². The van der Waals surface area contributed by atoms with Gasteiger partial charge in [0, 0.05) is 6.20 Å². The fourth-order valence-electron chi connectivity index (χ4n) is 1.04. The van der Waals surface area contributed by atoms with Gasteiger partial charge in [0.1, 0.15) is 0 Å². The normalized spacial score (nSPS) is 10.0. The first-order valence-electron chi connectivity index (χ1n) is 4.30. The number of H-pyrrole nitrogens is 1. The highest BCUT2D eigenvalue weighted by molar-refractivity contribution is 6.01. The third-order valence-electron chi connectivity index (χ3n) is 1.74. The summed E-state index contributed by atoms with van der Waals surface area (Å²) >= 11 is 0. The van der Waals surface area contributed by atoms with Crippen molar-refractivity contribution >= 4 is 17.7 Å². The first-order valence-corrected chi connectivity index (χ1v) is 4.30. The standard InChI is InChI=1S/C8H8N6O2/c9-8-12-6(13-14-8)7(16)11-5-4(15)2-1-3-10-5/h1-3,15H,(H,10,11,16)(H3,9,12,13,14). The van der Waals surface area contributed by atoms with Crippen molar-refractivity contribution in [3.05, 3.63) is 24.2 Å². The summed E-state index contributed by atoms with van der Waals surface area (Å²) in [6.45, 7) is 0. The Balaban J connectivity index is 2.17. The molecule has 0 aliphatic carbocycles. The van der Waals surface area contributed by atoms with E-state index in [2.05, 4.69) is 25.5 Å². The van der Waals surface area contributed by atoms with Crippen molar-refractivity contribution < 1.29 is 9.90 Å². The molecule has 2 aromatic rings. The number of pyridine rings is 1. The molecule has 0 unspecified atom stereocenters. The van der Waals surface area contributed by atoms with Crippen LogP contribution in [0.2, 0.25) is 0 Å². The summed E-state index contributed by atoms with van der Waals surface area (Å²) in [6.07, 6.45) is 1.43. The maximum atomic E-state index is 11.5. The molecule has 16 heavy (non-hydrogen) atoms. The lowest BCUT2D eigenvalue weighted by molar-refractivity contribution is 0.101. The Kier molecular flexibility index (Phi) is 2.38. The highest BCUT2D eigenvalue weighted by Crippen LogP contribution is 2.18. The molecule has 0 saturated carbocycles. The molecule has 2 aromatic heterocycles. The Bertz CT molecular complexity index is 523. The van der Waals surface area contributed by atoms with E-state index in [0.717, 1.165) is 0 Å². The van der Waals surface area contributed by atoms with Gasteiger partial charge in [-0.3, -0.25) is 9.89 Å². The largest absolute Gasteiger partial charge is 0.504 e. The number of nitrogen functional groups attached to an aromatic ring is 1. The highest BCUT2D eigenvalue weighted by Gasteiger charge is 2.13. The van der Waals surface area contributed by atoms with E-state index in [-0.39, 0.29) is 23.3 Å². The van der Waals surface area contributed by atoms with Crippen LogP contribution < -0.4 is 11.1 Å². The van der Waals surface area contributed by atoms with Gasteiger partial charge in [-0.05, 0) is 12.1 Å². The minimum absolute atomic E-state index is 0.0320. The van der Waals surface area contributed by atoms with Crippen molar-refractivity contribution in [2.24, 2.45) is 0 Å². The van der Waals surface area contributed by atoms with Crippen LogP contribution in [-0.4, -0.2) is 31.2 Å². The van der Waals surface area contributed by atoms with Crippen molar-refractivity contribution in [2.75, 3.05) is 11.1 Å². The molecule has 0 atom stereocenters. The van der Waals surface area contributed by atoms with Crippen molar-refractivity contribution in [1.82, 2.24) is 20.2 Å². The van der Waals surface area contributed by atoms with E-state index in [1.807, 2.05) is 0 Å². The van der Waals surface area contributed by atoms with E-state index in [1.54, 1.807) is 0 Å². The molecule has 0 saturated heterocycles. The number of aromatic amines is 1. The molecule has 0 fully saturated rings. The van der Waals surface area contributed by atoms with Crippen LogP contribution in [0.4, 0.5) is 11.8 Å². The Labute approximate surface area is 89.5 Å². The van der Waals surface area contributed by atoms with Gasteiger partial charge in [-0.15, -0.1) is 5.10 Å². The van der Waals surface area contributed by atoms with E-state index in [4.69, 9.17) is 5.73 Å². The summed E-state index contributed by atoms with van der Waals surface area (Å²) in [6, 6.07) is 2.94. The van der Waals surface area contributed by atoms with Crippen molar-refractivity contribution in [3.63, 3.8) is 0 Å². The second-order valence-corrected chi connectivity index (χ2v) is 2.87. The van der Waals surface area contributed by atoms with Gasteiger partial charge in [0.15, 0.2) is 11.6 Å². The van der Waals surface area contributed by atoms with E-state index >= 15 is 0 Å². The number of nitrogens with two attached hydrogens (primary N) is 1. The average Bonchev–Trinajstić information content (AvgIpc) is 2.68. The number of carbonyl (C=O) groups is 1. The lowest BCUT2D eigenvalue weighted by atomic mass is 10.4. The van der Waals surface area contributed by atoms with Gasteiger partial charge in [-0.2, -0.15) is 4.98 Å². The van der Waals surface area contributed by atoms with Crippen LogP contribution in [0, 0.1) is 0 Å². The van der Waals surface area contributed by atoms with Crippen LogP contribution in [-0.2, 0) is 0 Å². The SMILES string of the molecule is Nc1n[nH]c(C(=O)Nc2ncccc2O)n1. The lowest BCUT2D eigenvalue weighted by Gasteiger charge is -2.02. The molecule has 0 bridgehead atoms. The van der Waals surface area contributed by atoms with Crippen LogP contribution in [0.1, 0.15) is 10.6 Å². The van der Waals surface area contributed by atoms with Crippen LogP contribution in [0.5, 0.6) is 5.75 Å². The van der Waals surface area contributed by atoms with Gasteiger partial charge in [-0.1, -0.05) is 0 Å². The number of carbonyl (C=O) groups excluding carboxylic acids is 1. The van der Waals surface area contributed by atoms with Gasteiger partial charge in [0.2, 0.25) is 11.8 Å². The van der Waals surface area contributed by atoms with Gasteiger partial charge in [0.05, 0.1) is 0 Å². The number of nitrogens with zero attached hydrogens (tertiary/aromatic N) is 3. The van der Waals surface area contributed by atoms with Crippen molar-refractivity contribution in [3.8, 4) is 5.75 Å². The molecule has 0 aliphatic rings. The number of hydrogen-bond acceptors (Lipinski definition) is 6. The molecular formula is C8H8N6O2. The maximum absolute atomic E-state index is 11.5. The Hall–Kier alpha value is -2.64. The molecular weight excluding hydrogens is 212 g/mol. The zero-order chi connectivity index (χ0) is 11.5. The zero-order valence-electron chi connectivity index (χ0n) is 8.01. The third kappa shape index (κ3) is 1.90. The number of hydrogen-bond donors (Lipinski definition) is 4. The summed E-state index contributed by atoms with van der Waals surface area (Å²) in [4.78, 5) is 18.9. The van der Waals surface area contributed by atoms with Crippen LogP contribution in [0.3, 0.4) is 0 Å². The molecule has 0 spiro atoms. The van der Waals surface area contributed by atoms with E-state index < -0.39 is 5.91 Å². The molecule has 8 heteroatoms. The molecule has 5 N–H and O–H groups in total. The number of rotatable bonds is 2. The number of aromatic hydroxyl groups is 1. The number of nitrogens with one attached hydrogen (secondary N) is 2. The lowest BCUT2D eigenvalue weighted by Crippen LogP contribution is -2.14. The van der Waals surface area contributed by atoms with Crippen molar-refractivity contribution in [1.29, 1.82) is 0 Å². The minimum Gasteiger partial charge on any atom is -0.504 e. The minimum atomic E-state index is -0.585. The van der Waals surface area contributed by atoms with E-state index in [9.17, 15) is 9.90 Å². The molecule has 82 valence electrons. The number of amides is 1. The molecule has 0 aromatic carbocycles. The second kappa shape index (κ2) is 3.85. The van der Waals surface area contributed by atoms with Crippen molar-refractivity contribution in [2.45, 2.75) is 0 Å².